The van der Waals surface area contributed by atoms with Crippen LogP contribution in [0.15, 0.2) is 164 Å². The second kappa shape index (κ2) is 76.3. The fourth-order valence-corrected chi connectivity index (χ4v) is 4.16. The second-order valence-corrected chi connectivity index (χ2v) is 15.2. The topological polar surface area (TPSA) is 38.3 Å². The molecular weight excluding hydrogens is 883 g/mol. The number of rotatable bonds is 0. The molecule has 0 aliphatic heterocycles. The zero-order valence-corrected chi connectivity index (χ0v) is 51.9. The molecule has 0 aliphatic rings. The number of ketones is 1. The molecule has 0 heterocycles. The van der Waals surface area contributed by atoms with Crippen LogP contribution in [0.25, 0.3) is 32.3 Å². The number of carbonyl (C=O) groups is 1. The van der Waals surface area contributed by atoms with Gasteiger partial charge in [-0.05, 0) is 166 Å². The van der Waals surface area contributed by atoms with Crippen molar-refractivity contribution in [2.75, 3.05) is 40.8 Å². The number of Topliss-reactive ketones (excluding diaryl/α,β-unsaturated/α-hetero) is 1. The third-order valence-corrected chi connectivity index (χ3v) is 6.91. The summed E-state index contributed by atoms with van der Waals surface area (Å²) in [6.07, 6.45) is 13.3. The van der Waals surface area contributed by atoms with Crippen molar-refractivity contribution in [3.05, 3.63) is 181 Å². The summed E-state index contributed by atoms with van der Waals surface area (Å²) in [5.41, 5.74) is 5.22. The number of hydrogen-bond donors (Lipinski definition) is 1. The van der Waals surface area contributed by atoms with E-state index in [-0.39, 0.29) is 5.78 Å². The van der Waals surface area contributed by atoms with Crippen LogP contribution in [0.1, 0.15) is 148 Å². The van der Waals surface area contributed by atoms with Gasteiger partial charge >= 0.3 is 0 Å². The van der Waals surface area contributed by atoms with Crippen LogP contribution in [0.2, 0.25) is 0 Å². The van der Waals surface area contributed by atoms with Crippen LogP contribution in [0.4, 0.5) is 0 Å². The van der Waals surface area contributed by atoms with E-state index in [4.69, 9.17) is 0 Å². The maximum Gasteiger partial charge on any atom is 0.126 e. The molecule has 4 heteroatoms. The predicted octanol–water partition coefficient (Wildman–Crippen LogP) is 21.4. The van der Waals surface area contributed by atoms with Gasteiger partial charge in [-0.1, -0.05) is 219 Å². The minimum absolute atomic E-state index is 0.167. The number of allylic oxidation sites excluding steroid dienone is 5. The third-order valence-electron chi connectivity index (χ3n) is 6.91. The third kappa shape index (κ3) is 69.2. The van der Waals surface area contributed by atoms with Crippen molar-refractivity contribution in [1.29, 1.82) is 0 Å². The zero-order valence-electron chi connectivity index (χ0n) is 51.1. The minimum Gasteiger partial charge on any atom is -0.388 e. The van der Waals surface area contributed by atoms with E-state index in [2.05, 4.69) is 172 Å². The monoisotopic (exact) mass is 994 g/mol. The lowest BCUT2D eigenvalue weighted by Crippen LogP contribution is -1.89. The van der Waals surface area contributed by atoms with E-state index in [1.54, 1.807) is 26.0 Å². The van der Waals surface area contributed by atoms with E-state index in [1.165, 1.54) is 74.8 Å². The van der Waals surface area contributed by atoms with Gasteiger partial charge in [-0.25, -0.2) is 0 Å². The average molecular weight is 995 g/mol. The Morgan fingerprint density at radius 1 is 0.549 bits per heavy atom. The molecule has 0 radical (unpaired) electrons. The first kappa shape index (κ1) is 85.7. The van der Waals surface area contributed by atoms with Gasteiger partial charge in [0, 0.05) is 14.2 Å². The molecule has 0 aromatic heterocycles. The largest absolute Gasteiger partial charge is 0.388 e. The predicted molar refractivity (Wildman–Crippen MR) is 340 cm³/mol. The van der Waals surface area contributed by atoms with Gasteiger partial charge in [0.15, 0.2) is 0 Å². The first-order valence-corrected chi connectivity index (χ1v) is 26.9. The molecule has 6 rings (SSSR count). The van der Waals surface area contributed by atoms with E-state index in [9.17, 15) is 4.79 Å². The molecule has 1 N–H and O–H groups in total. The molecular formula is C67H111NO2S. The molecule has 0 amide bonds. The van der Waals surface area contributed by atoms with Crippen LogP contribution in [-0.2, 0) is 9.53 Å². The Kier molecular flexibility index (Phi) is 92.1. The van der Waals surface area contributed by atoms with Crippen molar-refractivity contribution in [2.24, 2.45) is 0 Å². The van der Waals surface area contributed by atoms with E-state index in [0.717, 1.165) is 0 Å². The maximum absolute atomic E-state index is 9.44. The van der Waals surface area contributed by atoms with Crippen LogP contribution >= 0.6 is 11.8 Å². The maximum atomic E-state index is 9.44. The fourth-order valence-electron chi connectivity index (χ4n) is 4.16. The summed E-state index contributed by atoms with van der Waals surface area (Å²) in [6, 6.07) is 44.5. The number of hydrogen-bond acceptors (Lipinski definition) is 4. The van der Waals surface area contributed by atoms with Gasteiger partial charge in [-0.15, -0.1) is 18.4 Å². The number of ether oxygens (including phenoxy) is 1. The standard InChI is InChI=1S/C15H12.C11H10.C7H8.3C4H8.C4H6.C3H6O.C3H8.C2H7N.C2H6O.C2H6S.3C2H6/c1-11-14-8-4-2-6-12(14)10-13-7-3-5-9-15(11)13;1-9-5-4-7-10-6-2-3-8-11(9)10;1-7-5-3-2-4-6-7;1-4(2)3;3*1-3-4-2;1-3(2)4;4*1-3-2;3*1-2/h2-10H,1H3;2-8H,1H3;2-6H,1H3;1H2,2-3H3;2*3-4H,1-2H3;2*1-2H3;3H2,1-2H3;3H,1-2H3;2*1-2H3;3*1-2H3/b;;;;4-3+;4-3-;;;;;;;;;. The van der Waals surface area contributed by atoms with Crippen LogP contribution in [-0.4, -0.2) is 46.6 Å². The van der Waals surface area contributed by atoms with Crippen molar-refractivity contribution < 1.29 is 9.53 Å². The minimum atomic E-state index is 0.167. The molecule has 6 aromatic rings. The van der Waals surface area contributed by atoms with Gasteiger partial charge in [-0.3, -0.25) is 0 Å². The normalized spacial score (nSPS) is 8.04. The highest BCUT2D eigenvalue weighted by molar-refractivity contribution is 7.97. The summed E-state index contributed by atoms with van der Waals surface area (Å²) >= 11 is 1.75. The second-order valence-electron chi connectivity index (χ2n) is 14.4. The number of fused-ring (bicyclic) bond motifs is 3. The Morgan fingerprint density at radius 2 is 0.789 bits per heavy atom. The lowest BCUT2D eigenvalue weighted by molar-refractivity contribution is -0.115. The molecule has 0 unspecified atom stereocenters. The number of methoxy groups -OCH3 is 1. The van der Waals surface area contributed by atoms with E-state index < -0.39 is 0 Å². The van der Waals surface area contributed by atoms with Crippen molar-refractivity contribution in [2.45, 2.75) is 152 Å². The summed E-state index contributed by atoms with van der Waals surface area (Å²) in [4.78, 5) is 9.44. The van der Waals surface area contributed by atoms with E-state index in [0.29, 0.717) is 0 Å². The molecule has 3 nitrogen and oxygen atoms in total. The summed E-state index contributed by atoms with van der Waals surface area (Å²) < 4.78 is 4.25. The van der Waals surface area contributed by atoms with Gasteiger partial charge in [0.1, 0.15) is 5.78 Å². The van der Waals surface area contributed by atoms with Crippen molar-refractivity contribution in [3.8, 4) is 11.8 Å². The van der Waals surface area contributed by atoms with Gasteiger partial charge in [-0.2, -0.15) is 11.8 Å². The number of nitrogens with one attached hydrogen (secondary N) is 1. The van der Waals surface area contributed by atoms with Crippen LogP contribution in [0.3, 0.4) is 0 Å². The molecule has 0 fully saturated rings. The zero-order chi connectivity index (χ0) is 57.3. The Balaban J connectivity index is -0.0000000884. The summed E-state index contributed by atoms with van der Waals surface area (Å²) in [7, 11) is 7.00. The number of carbonyl (C=O) groups excluding carboxylic acids is 1. The summed E-state index contributed by atoms with van der Waals surface area (Å²) in [5.74, 6) is 5.53. The Labute approximate surface area is 447 Å². The van der Waals surface area contributed by atoms with Crippen LogP contribution in [0, 0.1) is 32.6 Å². The quantitative estimate of drug-likeness (QED) is 0.0935. The van der Waals surface area contributed by atoms with Gasteiger partial charge in [0.05, 0.1) is 0 Å². The number of aryl methyl sites for hydroxylation is 3. The summed E-state index contributed by atoms with van der Waals surface area (Å²) in [6.45, 7) is 44.9. The first-order chi connectivity index (χ1) is 34.0. The molecule has 0 bridgehead atoms. The number of thioether (sulfide) groups is 1. The van der Waals surface area contributed by atoms with Gasteiger partial charge < -0.3 is 14.8 Å². The van der Waals surface area contributed by atoms with E-state index >= 15 is 0 Å². The average Bonchev–Trinajstić information content (AvgIpc) is 3.38. The lowest BCUT2D eigenvalue weighted by atomic mass is 9.98. The smallest absolute Gasteiger partial charge is 0.126 e. The van der Waals surface area contributed by atoms with Crippen molar-refractivity contribution in [3.63, 3.8) is 0 Å². The molecule has 71 heavy (non-hydrogen) atoms. The number of benzene rings is 6. The highest BCUT2D eigenvalue weighted by Gasteiger charge is 2.01. The lowest BCUT2D eigenvalue weighted by Gasteiger charge is -2.06. The molecule has 0 spiro atoms. The highest BCUT2D eigenvalue weighted by atomic mass is 32.2. The van der Waals surface area contributed by atoms with E-state index in [1.807, 2.05) is 166 Å². The molecule has 0 saturated carbocycles. The molecule has 6 aromatic carbocycles. The Hall–Kier alpha value is -5.18. The highest BCUT2D eigenvalue weighted by Crippen LogP contribution is 2.27. The molecule has 0 atom stereocenters. The Bertz CT molecular complexity index is 1960. The van der Waals surface area contributed by atoms with Crippen LogP contribution in [0.5, 0.6) is 0 Å². The van der Waals surface area contributed by atoms with Crippen molar-refractivity contribution >= 4 is 49.9 Å². The molecule has 402 valence electrons. The Morgan fingerprint density at radius 3 is 1.03 bits per heavy atom. The molecule has 0 saturated heterocycles. The first-order valence-electron chi connectivity index (χ1n) is 25.3. The van der Waals surface area contributed by atoms with Crippen LogP contribution < -0.4 is 5.32 Å². The van der Waals surface area contributed by atoms with Crippen molar-refractivity contribution in [1.82, 2.24) is 5.32 Å². The fraction of sp³-hybridized carbons (Fsp3) is 0.418. The summed E-state index contributed by atoms with van der Waals surface area (Å²) in [5, 5.41) is 10.8. The van der Waals surface area contributed by atoms with Gasteiger partial charge in [0.25, 0.3) is 0 Å². The molecule has 0 aliphatic carbocycles. The van der Waals surface area contributed by atoms with Gasteiger partial charge in [0.2, 0.25) is 0 Å². The SMILES string of the molecule is C/C=C/C.C/C=C\C.C=C(C)C.CC.CC.CC.CC#CC.CC(C)=O.CCC.CNC.COC.CSC.Cc1c2ccccc2cc2ccccc12.Cc1cccc2ccccc12.Cc1ccccc1.